The maximum Gasteiger partial charge on any atom is 0 e. The summed E-state index contributed by atoms with van der Waals surface area (Å²) < 4.78 is 0. The van der Waals surface area contributed by atoms with Crippen LogP contribution in [0.15, 0.2) is 24.8 Å². The predicted octanol–water partition coefficient (Wildman–Crippen LogP) is 2.70. The molecule has 0 amide bonds. The van der Waals surface area contributed by atoms with Gasteiger partial charge in [-0.3, -0.25) is 17.7 Å². The Morgan fingerprint density at radius 2 is 2.00 bits per heavy atom. The summed E-state index contributed by atoms with van der Waals surface area (Å²) in [5.41, 5.74) is 2.23. The Bertz CT molecular complexity index is 219. The molecule has 0 spiro atoms. The number of hydrogen-bond donors (Lipinski definition) is 0. The third kappa shape index (κ3) is 8.12. The predicted molar refractivity (Wildman–Crippen MR) is 43.4 cm³/mol. The van der Waals surface area contributed by atoms with Crippen molar-refractivity contribution in [2.24, 2.45) is 0 Å². The summed E-state index contributed by atoms with van der Waals surface area (Å²) >= 11 is 0. The molecule has 0 aliphatic rings. The molecule has 0 heterocycles. The van der Waals surface area contributed by atoms with E-state index in [-0.39, 0.29) is 98.1 Å². The van der Waals surface area contributed by atoms with E-state index in [0.717, 1.165) is 17.6 Å². The Hall–Kier alpha value is 2.27. The van der Waals surface area contributed by atoms with Gasteiger partial charge in [-0.05, 0) is 0 Å². The van der Waals surface area contributed by atoms with Crippen LogP contribution in [0.25, 0.3) is 5.57 Å². The minimum absolute atomic E-state index is 0. The van der Waals surface area contributed by atoms with Gasteiger partial charge in [-0.1, -0.05) is 13.3 Å². The third-order valence-corrected chi connectivity index (χ3v) is 1.46. The van der Waals surface area contributed by atoms with Crippen LogP contribution in [-0.4, -0.2) is 0 Å². The van der Waals surface area contributed by atoms with Gasteiger partial charge in [0.1, 0.15) is 0 Å². The normalized spacial score (nSPS) is 7.15. The van der Waals surface area contributed by atoms with Crippen molar-refractivity contribution in [2.45, 2.75) is 13.3 Å². The first-order valence-electron chi connectivity index (χ1n) is 3.40. The van der Waals surface area contributed by atoms with Gasteiger partial charge in [0, 0.05) is 98.1 Å². The molecule has 0 unspecified atom stereocenters. The monoisotopic (exact) mass is 397 g/mol. The summed E-state index contributed by atoms with van der Waals surface area (Å²) in [4.78, 5) is 0. The van der Waals surface area contributed by atoms with Crippen LogP contribution in [0.2, 0.25) is 0 Å². The summed E-state index contributed by atoms with van der Waals surface area (Å²) in [7, 11) is 0. The van der Waals surface area contributed by atoms with Crippen molar-refractivity contribution in [3.8, 4) is 0 Å². The van der Waals surface area contributed by atoms with Crippen molar-refractivity contribution in [2.75, 3.05) is 0 Å². The van der Waals surface area contributed by atoms with Gasteiger partial charge in [0.2, 0.25) is 0 Å². The van der Waals surface area contributed by atoms with Crippen molar-refractivity contribution in [3.63, 3.8) is 0 Å². The molecular weight excluding hydrogens is 387 g/mol. The van der Waals surface area contributed by atoms with E-state index >= 15 is 0 Å². The number of allylic oxidation sites excluding steroid dienone is 1. The fourth-order valence-corrected chi connectivity index (χ4v) is 0.757. The fourth-order valence-electron chi connectivity index (χ4n) is 0.757. The van der Waals surface area contributed by atoms with E-state index in [1.165, 1.54) is 0 Å². The zero-order chi connectivity index (χ0) is 7.40. The van der Waals surface area contributed by atoms with Crippen LogP contribution in [-0.2, 0) is 98.1 Å². The van der Waals surface area contributed by atoms with E-state index < -0.39 is 0 Å². The van der Waals surface area contributed by atoms with Crippen LogP contribution in [0.5, 0.6) is 0 Å². The molecular formula is C10H10Y3-2. The Balaban J connectivity index is -0.000000333. The topological polar surface area (TPSA) is 0 Å². The van der Waals surface area contributed by atoms with Crippen LogP contribution in [0.3, 0.4) is 0 Å². The minimum Gasteiger partial charge on any atom is -0.281 e. The van der Waals surface area contributed by atoms with E-state index in [2.05, 4.69) is 25.6 Å². The largest absolute Gasteiger partial charge is 0.281 e. The Morgan fingerprint density at radius 1 is 1.38 bits per heavy atom. The number of rotatable bonds is 2. The Labute approximate surface area is 156 Å². The quantitative estimate of drug-likeness (QED) is 0.674. The van der Waals surface area contributed by atoms with Crippen LogP contribution in [0, 0.1) is 12.1 Å². The first kappa shape index (κ1) is 20.7. The van der Waals surface area contributed by atoms with Crippen LogP contribution in [0.1, 0.15) is 18.9 Å². The first-order chi connectivity index (χ1) is 4.84. The second-order valence-electron chi connectivity index (χ2n) is 2.16. The molecule has 0 fully saturated rings. The average Bonchev–Trinajstić information content (AvgIpc) is 2.05. The van der Waals surface area contributed by atoms with Gasteiger partial charge in [0.25, 0.3) is 0 Å². The summed E-state index contributed by atoms with van der Waals surface area (Å²) in [6.45, 7) is 5.99. The smallest absolute Gasteiger partial charge is 0 e. The molecule has 0 saturated heterocycles. The molecule has 0 aliphatic heterocycles. The fraction of sp³-hybridized carbons (Fsp3) is 0.200. The zero-order valence-corrected chi connectivity index (χ0v) is 16.4. The number of hydrogen-bond acceptors (Lipinski definition) is 0. The second kappa shape index (κ2) is 12.3. The van der Waals surface area contributed by atoms with Crippen LogP contribution < -0.4 is 0 Å². The second-order valence-corrected chi connectivity index (χ2v) is 2.16. The molecule has 0 aromatic heterocycles. The van der Waals surface area contributed by atoms with E-state index in [1.54, 1.807) is 6.07 Å². The van der Waals surface area contributed by atoms with Gasteiger partial charge in [0.05, 0.1) is 0 Å². The molecule has 3 radical (unpaired) electrons. The molecule has 1 aromatic carbocycles. The summed E-state index contributed by atoms with van der Waals surface area (Å²) in [5, 5.41) is 0. The molecule has 0 nitrogen and oxygen atoms in total. The molecule has 0 bridgehead atoms. The van der Waals surface area contributed by atoms with Crippen LogP contribution >= 0.6 is 0 Å². The van der Waals surface area contributed by atoms with Gasteiger partial charge < -0.3 is 0 Å². The summed E-state index contributed by atoms with van der Waals surface area (Å²) in [5.74, 6) is 0. The molecule has 3 heteroatoms. The number of benzene rings is 1. The molecule has 0 atom stereocenters. The maximum absolute atomic E-state index is 3.90. The van der Waals surface area contributed by atoms with Gasteiger partial charge in [-0.25, -0.2) is 23.8 Å². The standard InChI is InChI=1S/C10H10.3Y/c1-3-9(2)10-7-5-4-6-8-10;;;/h5-7H,2-3H2,1H3;;;/q-2;;;. The van der Waals surface area contributed by atoms with Crippen molar-refractivity contribution >= 4 is 5.57 Å². The summed E-state index contributed by atoms with van der Waals surface area (Å²) in [6, 6.07) is 11.6. The molecule has 0 aliphatic carbocycles. The van der Waals surface area contributed by atoms with Crippen molar-refractivity contribution < 1.29 is 98.1 Å². The molecule has 0 saturated carbocycles. The Kier molecular flexibility index (Phi) is 19.6. The maximum atomic E-state index is 3.90. The van der Waals surface area contributed by atoms with Gasteiger partial charge in [-0.2, -0.15) is 6.58 Å². The molecule has 0 N–H and O–H groups in total. The van der Waals surface area contributed by atoms with Gasteiger partial charge in [-0.15, -0.1) is 0 Å². The Morgan fingerprint density at radius 3 is 2.38 bits per heavy atom. The molecule has 1 rings (SSSR count). The van der Waals surface area contributed by atoms with Crippen LogP contribution in [0.4, 0.5) is 0 Å². The third-order valence-electron chi connectivity index (χ3n) is 1.46. The minimum atomic E-state index is 0. The van der Waals surface area contributed by atoms with E-state index in [1.807, 2.05) is 12.1 Å². The van der Waals surface area contributed by atoms with E-state index in [9.17, 15) is 0 Å². The van der Waals surface area contributed by atoms with Crippen molar-refractivity contribution in [3.05, 3.63) is 42.5 Å². The average molecular weight is 397 g/mol. The first-order valence-corrected chi connectivity index (χ1v) is 3.40. The van der Waals surface area contributed by atoms with Gasteiger partial charge >= 0.3 is 0 Å². The zero-order valence-electron chi connectivity index (χ0n) is 7.88. The SMILES string of the molecule is C=C(CC)c1[c-]c[c-]cc1.[Y].[Y].[Y]. The molecule has 1 aromatic rings. The van der Waals surface area contributed by atoms with Crippen molar-refractivity contribution in [1.82, 2.24) is 0 Å². The molecule has 61 valence electrons. The van der Waals surface area contributed by atoms with E-state index in [0.29, 0.717) is 0 Å². The molecule has 13 heavy (non-hydrogen) atoms. The summed E-state index contributed by atoms with van der Waals surface area (Å²) in [6.07, 6.45) is 0.987. The van der Waals surface area contributed by atoms with Gasteiger partial charge in [0.15, 0.2) is 0 Å². The van der Waals surface area contributed by atoms with E-state index in [4.69, 9.17) is 0 Å². The van der Waals surface area contributed by atoms with Crippen molar-refractivity contribution in [1.29, 1.82) is 0 Å².